The molecule has 23 heavy (non-hydrogen) atoms. The summed E-state index contributed by atoms with van der Waals surface area (Å²) in [6, 6.07) is 15.2. The maximum absolute atomic E-state index is 10.3. The van der Waals surface area contributed by atoms with Gasteiger partial charge in [0.15, 0.2) is 0 Å². The Morgan fingerprint density at radius 3 is 2.65 bits per heavy atom. The number of hydrogen-bond acceptors (Lipinski definition) is 2. The Balaban J connectivity index is 1.72. The van der Waals surface area contributed by atoms with Gasteiger partial charge in [-0.25, -0.2) is 0 Å². The van der Waals surface area contributed by atoms with Crippen LogP contribution in [0.2, 0.25) is 0 Å². The van der Waals surface area contributed by atoms with Gasteiger partial charge in [-0.15, -0.1) is 0 Å². The first-order valence-corrected chi connectivity index (χ1v) is 8.59. The molecule has 1 aliphatic carbocycles. The summed E-state index contributed by atoms with van der Waals surface area (Å²) in [5.74, 6) is 0.397. The number of phenols is 1. The molecule has 0 spiro atoms. The number of rotatable bonds is 3. The number of aromatic hydroxyl groups is 1. The number of benzene rings is 2. The molecule has 1 aliphatic rings. The van der Waals surface area contributed by atoms with Gasteiger partial charge in [0.1, 0.15) is 5.75 Å². The molecule has 122 valence electrons. The second kappa shape index (κ2) is 6.37. The first-order valence-electron chi connectivity index (χ1n) is 8.59. The Hall–Kier alpha value is -1.80. The maximum atomic E-state index is 10.3. The fraction of sp³-hybridized carbons (Fsp3) is 0.429. The average Bonchev–Trinajstić information content (AvgIpc) is 2.53. The van der Waals surface area contributed by atoms with E-state index < -0.39 is 0 Å². The molecular formula is C21H27NO. The van der Waals surface area contributed by atoms with Gasteiger partial charge < -0.3 is 10.4 Å². The standard InChI is InChI=1S/C21H27NO/c1-21(2,3)17-12-11-16(20(23)13-17)14-22-19-10-6-8-15-7-4-5-9-18(15)19/h4-5,7,9,11-13,19,22-23H,6,8,10,14H2,1-3H3. The van der Waals surface area contributed by atoms with Crippen LogP contribution in [0.25, 0.3) is 0 Å². The van der Waals surface area contributed by atoms with Gasteiger partial charge in [-0.05, 0) is 47.4 Å². The Kier molecular flexibility index (Phi) is 4.45. The largest absolute Gasteiger partial charge is 0.508 e. The number of phenolic OH excluding ortho intramolecular Hbond substituents is 1. The molecule has 0 fully saturated rings. The van der Waals surface area contributed by atoms with Crippen molar-refractivity contribution < 1.29 is 5.11 Å². The summed E-state index contributed by atoms with van der Waals surface area (Å²) in [4.78, 5) is 0. The van der Waals surface area contributed by atoms with Gasteiger partial charge in [-0.1, -0.05) is 57.2 Å². The van der Waals surface area contributed by atoms with E-state index >= 15 is 0 Å². The van der Waals surface area contributed by atoms with E-state index in [0.29, 0.717) is 18.3 Å². The second-order valence-corrected chi connectivity index (χ2v) is 7.62. The minimum Gasteiger partial charge on any atom is -0.508 e. The van der Waals surface area contributed by atoms with Crippen molar-refractivity contribution in [3.8, 4) is 5.75 Å². The van der Waals surface area contributed by atoms with Gasteiger partial charge in [0.05, 0.1) is 0 Å². The highest BCUT2D eigenvalue weighted by atomic mass is 16.3. The van der Waals surface area contributed by atoms with E-state index in [1.165, 1.54) is 29.5 Å². The predicted octanol–water partition coefficient (Wildman–Crippen LogP) is 4.86. The van der Waals surface area contributed by atoms with Crippen LogP contribution in [0.5, 0.6) is 5.75 Å². The molecule has 0 amide bonds. The van der Waals surface area contributed by atoms with Crippen LogP contribution in [0, 0.1) is 0 Å². The number of nitrogens with one attached hydrogen (secondary N) is 1. The van der Waals surface area contributed by atoms with E-state index in [2.05, 4.69) is 62.5 Å². The molecule has 1 unspecified atom stereocenters. The average molecular weight is 309 g/mol. The Morgan fingerprint density at radius 1 is 1.13 bits per heavy atom. The van der Waals surface area contributed by atoms with Gasteiger partial charge >= 0.3 is 0 Å². The van der Waals surface area contributed by atoms with Crippen molar-refractivity contribution in [2.75, 3.05) is 0 Å². The van der Waals surface area contributed by atoms with Gasteiger partial charge in [0.2, 0.25) is 0 Å². The molecule has 0 bridgehead atoms. The summed E-state index contributed by atoms with van der Waals surface area (Å²) >= 11 is 0. The van der Waals surface area contributed by atoms with Crippen LogP contribution in [0.15, 0.2) is 42.5 Å². The first-order chi connectivity index (χ1) is 10.9. The Labute approximate surface area is 139 Å². The van der Waals surface area contributed by atoms with Crippen molar-refractivity contribution in [1.82, 2.24) is 5.32 Å². The maximum Gasteiger partial charge on any atom is 0.120 e. The van der Waals surface area contributed by atoms with E-state index in [1.807, 2.05) is 6.07 Å². The third kappa shape index (κ3) is 3.59. The Morgan fingerprint density at radius 2 is 1.91 bits per heavy atom. The third-order valence-corrected chi connectivity index (χ3v) is 4.86. The molecule has 0 aromatic heterocycles. The molecule has 2 heteroatoms. The van der Waals surface area contributed by atoms with Gasteiger partial charge in [0, 0.05) is 18.2 Å². The molecule has 3 rings (SSSR count). The summed E-state index contributed by atoms with van der Waals surface area (Å²) < 4.78 is 0. The van der Waals surface area contributed by atoms with Crippen LogP contribution in [0.4, 0.5) is 0 Å². The van der Waals surface area contributed by atoms with E-state index in [0.717, 1.165) is 12.0 Å². The van der Waals surface area contributed by atoms with Crippen LogP contribution in [0.1, 0.15) is 61.9 Å². The van der Waals surface area contributed by atoms with Crippen molar-refractivity contribution in [2.45, 2.75) is 58.0 Å². The normalized spacial score (nSPS) is 17.8. The molecule has 0 heterocycles. The lowest BCUT2D eigenvalue weighted by Gasteiger charge is -2.27. The molecule has 0 radical (unpaired) electrons. The lowest BCUT2D eigenvalue weighted by Crippen LogP contribution is -2.25. The molecule has 2 aromatic carbocycles. The van der Waals surface area contributed by atoms with Gasteiger partial charge in [-0.2, -0.15) is 0 Å². The topological polar surface area (TPSA) is 32.3 Å². The first kappa shape index (κ1) is 16.1. The van der Waals surface area contributed by atoms with Gasteiger partial charge in [0.25, 0.3) is 0 Å². The SMILES string of the molecule is CC(C)(C)c1ccc(CNC2CCCc3ccccc32)c(O)c1. The van der Waals surface area contributed by atoms with Crippen molar-refractivity contribution in [1.29, 1.82) is 0 Å². The summed E-state index contributed by atoms with van der Waals surface area (Å²) in [5.41, 5.74) is 5.09. The zero-order chi connectivity index (χ0) is 16.4. The highest BCUT2D eigenvalue weighted by Crippen LogP contribution is 2.31. The fourth-order valence-electron chi connectivity index (χ4n) is 3.38. The minimum atomic E-state index is 0.0613. The molecule has 0 saturated carbocycles. The summed E-state index contributed by atoms with van der Waals surface area (Å²) in [7, 11) is 0. The quantitative estimate of drug-likeness (QED) is 0.849. The van der Waals surface area contributed by atoms with E-state index in [4.69, 9.17) is 0 Å². The highest BCUT2D eigenvalue weighted by molar-refractivity contribution is 5.39. The monoisotopic (exact) mass is 309 g/mol. The van der Waals surface area contributed by atoms with Crippen LogP contribution >= 0.6 is 0 Å². The van der Waals surface area contributed by atoms with Crippen molar-refractivity contribution in [3.05, 3.63) is 64.7 Å². The summed E-state index contributed by atoms with van der Waals surface area (Å²) in [6.07, 6.45) is 3.57. The molecule has 2 aromatic rings. The molecule has 2 N–H and O–H groups in total. The Bertz CT molecular complexity index is 684. The third-order valence-electron chi connectivity index (χ3n) is 4.86. The van der Waals surface area contributed by atoms with Crippen LogP contribution in [-0.2, 0) is 18.4 Å². The second-order valence-electron chi connectivity index (χ2n) is 7.62. The van der Waals surface area contributed by atoms with Crippen molar-refractivity contribution in [2.24, 2.45) is 0 Å². The zero-order valence-electron chi connectivity index (χ0n) is 14.4. The van der Waals surface area contributed by atoms with Crippen LogP contribution < -0.4 is 5.32 Å². The predicted molar refractivity (Wildman–Crippen MR) is 95.8 cm³/mol. The molecular weight excluding hydrogens is 282 g/mol. The zero-order valence-corrected chi connectivity index (χ0v) is 14.4. The lowest BCUT2D eigenvalue weighted by molar-refractivity contribution is 0.436. The van der Waals surface area contributed by atoms with Crippen LogP contribution in [0.3, 0.4) is 0 Å². The molecule has 1 atom stereocenters. The molecule has 0 saturated heterocycles. The van der Waals surface area contributed by atoms with E-state index in [9.17, 15) is 5.11 Å². The number of aryl methyl sites for hydroxylation is 1. The number of fused-ring (bicyclic) bond motifs is 1. The number of hydrogen-bond donors (Lipinski definition) is 2. The smallest absolute Gasteiger partial charge is 0.120 e. The summed E-state index contributed by atoms with van der Waals surface area (Å²) in [6.45, 7) is 7.20. The minimum absolute atomic E-state index is 0.0613. The molecule has 0 aliphatic heterocycles. The fourth-order valence-corrected chi connectivity index (χ4v) is 3.38. The van der Waals surface area contributed by atoms with E-state index in [-0.39, 0.29) is 5.41 Å². The van der Waals surface area contributed by atoms with Crippen LogP contribution in [-0.4, -0.2) is 5.11 Å². The lowest BCUT2D eigenvalue weighted by atomic mass is 9.86. The molecule has 2 nitrogen and oxygen atoms in total. The summed E-state index contributed by atoms with van der Waals surface area (Å²) in [5, 5.41) is 14.0. The van der Waals surface area contributed by atoms with Crippen molar-refractivity contribution >= 4 is 0 Å². The van der Waals surface area contributed by atoms with Gasteiger partial charge in [-0.3, -0.25) is 0 Å². The highest BCUT2D eigenvalue weighted by Gasteiger charge is 2.20. The van der Waals surface area contributed by atoms with Crippen molar-refractivity contribution in [3.63, 3.8) is 0 Å². The van der Waals surface area contributed by atoms with E-state index in [1.54, 1.807) is 0 Å².